The molecular weight excluding hydrogens is 255 g/mol. The molecule has 0 atom stereocenters. The normalized spacial score (nSPS) is 29.3. The second kappa shape index (κ2) is 5.17. The van der Waals surface area contributed by atoms with Gasteiger partial charge in [-0.25, -0.2) is 0 Å². The molecule has 17 heavy (non-hydrogen) atoms. The predicted octanol–water partition coefficient (Wildman–Crippen LogP) is 4.48. The van der Waals surface area contributed by atoms with Crippen molar-refractivity contribution < 1.29 is 5.11 Å². The van der Waals surface area contributed by atoms with Crippen LogP contribution in [0.15, 0.2) is 18.2 Å². The van der Waals surface area contributed by atoms with E-state index in [4.69, 9.17) is 23.2 Å². The van der Waals surface area contributed by atoms with E-state index in [0.717, 1.165) is 37.2 Å². The van der Waals surface area contributed by atoms with E-state index in [0.29, 0.717) is 16.5 Å². The van der Waals surface area contributed by atoms with Crippen molar-refractivity contribution in [3.63, 3.8) is 0 Å². The lowest BCUT2D eigenvalue weighted by molar-refractivity contribution is -0.00667. The van der Waals surface area contributed by atoms with Crippen LogP contribution in [0.25, 0.3) is 0 Å². The lowest BCUT2D eigenvalue weighted by atomic mass is 9.76. The van der Waals surface area contributed by atoms with Crippen LogP contribution in [0.5, 0.6) is 0 Å². The van der Waals surface area contributed by atoms with Gasteiger partial charge in [0, 0.05) is 6.42 Å². The molecule has 0 saturated heterocycles. The molecule has 1 saturated carbocycles. The van der Waals surface area contributed by atoms with Crippen LogP contribution in [0.2, 0.25) is 10.0 Å². The first kappa shape index (κ1) is 13.2. The Kier molecular flexibility index (Phi) is 4.02. The van der Waals surface area contributed by atoms with E-state index < -0.39 is 5.60 Å². The summed E-state index contributed by atoms with van der Waals surface area (Å²) in [4.78, 5) is 0. The molecule has 1 fully saturated rings. The van der Waals surface area contributed by atoms with Gasteiger partial charge in [-0.05, 0) is 49.3 Å². The Bertz CT molecular complexity index is 395. The highest BCUT2D eigenvalue weighted by Crippen LogP contribution is 2.35. The topological polar surface area (TPSA) is 20.2 Å². The minimum absolute atomic E-state index is 0.552. The fraction of sp³-hybridized carbons (Fsp3) is 0.571. The Morgan fingerprint density at radius 3 is 2.47 bits per heavy atom. The summed E-state index contributed by atoms with van der Waals surface area (Å²) < 4.78 is 0. The summed E-state index contributed by atoms with van der Waals surface area (Å²) in [5.41, 5.74) is 0.514. The van der Waals surface area contributed by atoms with E-state index in [2.05, 4.69) is 6.92 Å². The molecule has 0 amide bonds. The van der Waals surface area contributed by atoms with Crippen molar-refractivity contribution in [2.24, 2.45) is 5.92 Å². The van der Waals surface area contributed by atoms with Crippen molar-refractivity contribution >= 4 is 23.2 Å². The van der Waals surface area contributed by atoms with Crippen molar-refractivity contribution in [2.75, 3.05) is 0 Å². The molecule has 0 heterocycles. The summed E-state index contributed by atoms with van der Waals surface area (Å²) in [6, 6.07) is 5.61. The smallest absolute Gasteiger partial charge is 0.0688 e. The molecule has 1 N–H and O–H groups in total. The molecule has 0 aliphatic heterocycles. The highest BCUT2D eigenvalue weighted by atomic mass is 35.5. The number of hydrogen-bond donors (Lipinski definition) is 1. The van der Waals surface area contributed by atoms with Gasteiger partial charge in [-0.15, -0.1) is 0 Å². The maximum Gasteiger partial charge on any atom is 0.0688 e. The molecule has 1 aromatic carbocycles. The molecule has 0 radical (unpaired) electrons. The van der Waals surface area contributed by atoms with Gasteiger partial charge in [0.2, 0.25) is 0 Å². The zero-order valence-electron chi connectivity index (χ0n) is 10.0. The minimum atomic E-state index is -0.552. The van der Waals surface area contributed by atoms with Gasteiger partial charge in [0.1, 0.15) is 0 Å². The largest absolute Gasteiger partial charge is 0.390 e. The fourth-order valence-electron chi connectivity index (χ4n) is 2.51. The molecule has 0 unspecified atom stereocenters. The van der Waals surface area contributed by atoms with Crippen molar-refractivity contribution in [3.8, 4) is 0 Å². The molecule has 1 aliphatic rings. The molecule has 2 rings (SSSR count). The van der Waals surface area contributed by atoms with E-state index in [9.17, 15) is 5.11 Å². The van der Waals surface area contributed by atoms with Crippen molar-refractivity contribution in [2.45, 2.75) is 44.6 Å². The molecule has 3 heteroatoms. The van der Waals surface area contributed by atoms with Crippen LogP contribution >= 0.6 is 23.2 Å². The predicted molar refractivity (Wildman–Crippen MR) is 72.7 cm³/mol. The van der Waals surface area contributed by atoms with E-state index in [1.54, 1.807) is 6.07 Å². The van der Waals surface area contributed by atoms with Gasteiger partial charge in [0.25, 0.3) is 0 Å². The molecule has 1 aromatic rings. The number of benzene rings is 1. The van der Waals surface area contributed by atoms with Gasteiger partial charge < -0.3 is 5.11 Å². The summed E-state index contributed by atoms with van der Waals surface area (Å²) >= 11 is 11.9. The monoisotopic (exact) mass is 272 g/mol. The molecule has 1 nitrogen and oxygen atoms in total. The van der Waals surface area contributed by atoms with E-state index in [1.165, 1.54) is 0 Å². The highest BCUT2D eigenvalue weighted by molar-refractivity contribution is 6.42. The molecule has 0 spiro atoms. The average molecular weight is 273 g/mol. The number of aliphatic hydroxyl groups is 1. The summed E-state index contributed by atoms with van der Waals surface area (Å²) in [6.07, 6.45) is 4.66. The van der Waals surface area contributed by atoms with Gasteiger partial charge in [-0.3, -0.25) is 0 Å². The van der Waals surface area contributed by atoms with Crippen LogP contribution in [-0.4, -0.2) is 10.7 Å². The van der Waals surface area contributed by atoms with Crippen LogP contribution in [0.1, 0.15) is 38.2 Å². The average Bonchev–Trinajstić information content (AvgIpc) is 2.28. The minimum Gasteiger partial charge on any atom is -0.390 e. The summed E-state index contributed by atoms with van der Waals surface area (Å²) in [5, 5.41) is 11.7. The molecule has 94 valence electrons. The number of halogens is 2. The number of rotatable bonds is 2. The second-order valence-electron chi connectivity index (χ2n) is 5.33. The third kappa shape index (κ3) is 3.37. The summed E-state index contributed by atoms with van der Waals surface area (Å²) in [7, 11) is 0. The molecule has 0 aromatic heterocycles. The Labute approximate surface area is 113 Å². The third-order valence-corrected chi connectivity index (χ3v) is 4.46. The van der Waals surface area contributed by atoms with Gasteiger partial charge in [0.05, 0.1) is 15.6 Å². The molecule has 0 bridgehead atoms. The van der Waals surface area contributed by atoms with Crippen LogP contribution in [-0.2, 0) is 6.42 Å². The Balaban J connectivity index is 2.07. The zero-order valence-corrected chi connectivity index (χ0v) is 11.6. The SMILES string of the molecule is CC1CCC(O)(Cc2ccc(Cl)c(Cl)c2)CC1. The van der Waals surface area contributed by atoms with Gasteiger partial charge >= 0.3 is 0 Å². The zero-order chi connectivity index (χ0) is 12.5. The fourth-order valence-corrected chi connectivity index (χ4v) is 2.83. The maximum atomic E-state index is 10.5. The van der Waals surface area contributed by atoms with E-state index >= 15 is 0 Å². The standard InChI is InChI=1S/C14H18Cl2O/c1-10-4-6-14(17,7-5-10)9-11-2-3-12(15)13(16)8-11/h2-3,8,10,17H,4-7,9H2,1H3. The van der Waals surface area contributed by atoms with Gasteiger partial charge in [-0.2, -0.15) is 0 Å². The van der Waals surface area contributed by atoms with Crippen LogP contribution in [0.4, 0.5) is 0 Å². The van der Waals surface area contributed by atoms with E-state index in [-0.39, 0.29) is 0 Å². The van der Waals surface area contributed by atoms with Crippen molar-refractivity contribution in [1.82, 2.24) is 0 Å². The summed E-state index contributed by atoms with van der Waals surface area (Å²) in [5.74, 6) is 0.740. The Morgan fingerprint density at radius 1 is 1.24 bits per heavy atom. The van der Waals surface area contributed by atoms with Gasteiger partial charge in [0.15, 0.2) is 0 Å². The highest BCUT2D eigenvalue weighted by Gasteiger charge is 2.31. The lowest BCUT2D eigenvalue weighted by Crippen LogP contribution is -2.35. The Hall–Kier alpha value is -0.240. The number of hydrogen-bond acceptors (Lipinski definition) is 1. The van der Waals surface area contributed by atoms with Crippen LogP contribution < -0.4 is 0 Å². The quantitative estimate of drug-likeness (QED) is 0.842. The lowest BCUT2D eigenvalue weighted by Gasteiger charge is -2.35. The molecular formula is C14H18Cl2O. The van der Waals surface area contributed by atoms with Crippen LogP contribution in [0.3, 0.4) is 0 Å². The van der Waals surface area contributed by atoms with E-state index in [1.807, 2.05) is 12.1 Å². The van der Waals surface area contributed by atoms with Crippen LogP contribution in [0, 0.1) is 5.92 Å². The summed E-state index contributed by atoms with van der Waals surface area (Å²) in [6.45, 7) is 2.25. The third-order valence-electron chi connectivity index (χ3n) is 3.72. The van der Waals surface area contributed by atoms with Crippen molar-refractivity contribution in [1.29, 1.82) is 0 Å². The van der Waals surface area contributed by atoms with Crippen molar-refractivity contribution in [3.05, 3.63) is 33.8 Å². The maximum absolute atomic E-state index is 10.5. The second-order valence-corrected chi connectivity index (χ2v) is 6.15. The first-order valence-electron chi connectivity index (χ1n) is 6.15. The first-order chi connectivity index (χ1) is 7.98. The first-order valence-corrected chi connectivity index (χ1v) is 6.90. The Morgan fingerprint density at radius 2 is 1.88 bits per heavy atom. The van der Waals surface area contributed by atoms with Gasteiger partial charge in [-0.1, -0.05) is 36.2 Å². The molecule has 1 aliphatic carbocycles.